The smallest absolute Gasteiger partial charge is 0.0546 e. The zero-order valence-corrected chi connectivity index (χ0v) is 11.2. The van der Waals surface area contributed by atoms with Crippen LogP contribution in [0.15, 0.2) is 47.6 Å². The fourth-order valence-corrected chi connectivity index (χ4v) is 2.81. The predicted molar refractivity (Wildman–Crippen MR) is 81.6 cm³/mol. The molecule has 2 nitrogen and oxygen atoms in total. The average Bonchev–Trinajstić information content (AvgIpc) is 2.49. The van der Waals surface area contributed by atoms with Gasteiger partial charge in [0.05, 0.1) is 6.21 Å². The SMILES string of the molecule is C(=N/NC1CCCCC1)/c1cccc2ccccc12. The van der Waals surface area contributed by atoms with Crippen molar-refractivity contribution in [3.8, 4) is 0 Å². The van der Waals surface area contributed by atoms with E-state index >= 15 is 0 Å². The van der Waals surface area contributed by atoms with Crippen LogP contribution in [0.4, 0.5) is 0 Å². The minimum atomic E-state index is 0.569. The van der Waals surface area contributed by atoms with Crippen LogP contribution in [0.25, 0.3) is 10.8 Å². The first-order valence-corrected chi connectivity index (χ1v) is 7.20. The molecule has 1 aliphatic rings. The average molecular weight is 252 g/mol. The van der Waals surface area contributed by atoms with Crippen molar-refractivity contribution in [3.63, 3.8) is 0 Å². The molecule has 0 aliphatic heterocycles. The van der Waals surface area contributed by atoms with Gasteiger partial charge in [-0.25, -0.2) is 0 Å². The summed E-state index contributed by atoms with van der Waals surface area (Å²) >= 11 is 0. The lowest BCUT2D eigenvalue weighted by molar-refractivity contribution is 0.381. The maximum absolute atomic E-state index is 4.44. The molecule has 0 saturated heterocycles. The number of nitrogens with zero attached hydrogens (tertiary/aromatic N) is 1. The van der Waals surface area contributed by atoms with E-state index in [-0.39, 0.29) is 0 Å². The van der Waals surface area contributed by atoms with Crippen molar-refractivity contribution >= 4 is 17.0 Å². The highest BCUT2D eigenvalue weighted by molar-refractivity contribution is 5.99. The molecule has 0 atom stereocenters. The highest BCUT2D eigenvalue weighted by Crippen LogP contribution is 2.18. The first kappa shape index (κ1) is 12.2. The van der Waals surface area contributed by atoms with Crippen LogP contribution < -0.4 is 5.43 Å². The number of fused-ring (bicyclic) bond motifs is 1. The first-order valence-electron chi connectivity index (χ1n) is 7.20. The van der Waals surface area contributed by atoms with E-state index in [0.717, 1.165) is 0 Å². The maximum Gasteiger partial charge on any atom is 0.0546 e. The Morgan fingerprint density at radius 3 is 2.63 bits per heavy atom. The zero-order valence-electron chi connectivity index (χ0n) is 11.2. The summed E-state index contributed by atoms with van der Waals surface area (Å²) < 4.78 is 0. The van der Waals surface area contributed by atoms with Gasteiger partial charge in [0.15, 0.2) is 0 Å². The van der Waals surface area contributed by atoms with Crippen molar-refractivity contribution in [2.75, 3.05) is 0 Å². The Balaban J connectivity index is 1.73. The summed E-state index contributed by atoms with van der Waals surface area (Å²) in [6.07, 6.45) is 8.52. The Labute approximate surface area is 114 Å². The number of hydrogen-bond acceptors (Lipinski definition) is 2. The molecule has 2 heteroatoms. The van der Waals surface area contributed by atoms with Crippen LogP contribution in [0.3, 0.4) is 0 Å². The maximum atomic E-state index is 4.44. The molecule has 1 fully saturated rings. The molecule has 1 saturated carbocycles. The molecule has 2 aromatic rings. The number of benzene rings is 2. The minimum Gasteiger partial charge on any atom is -0.307 e. The Bertz CT molecular complexity index is 563. The summed E-state index contributed by atoms with van der Waals surface area (Å²) in [5, 5.41) is 6.97. The molecule has 0 bridgehead atoms. The third-order valence-corrected chi connectivity index (χ3v) is 3.89. The van der Waals surface area contributed by atoms with Crippen molar-refractivity contribution in [3.05, 3.63) is 48.0 Å². The van der Waals surface area contributed by atoms with Gasteiger partial charge in [0, 0.05) is 11.6 Å². The van der Waals surface area contributed by atoms with Crippen LogP contribution in [0.5, 0.6) is 0 Å². The van der Waals surface area contributed by atoms with E-state index in [1.54, 1.807) is 0 Å². The number of hydrogen-bond donors (Lipinski definition) is 1. The van der Waals surface area contributed by atoms with Crippen LogP contribution >= 0.6 is 0 Å². The summed E-state index contributed by atoms with van der Waals surface area (Å²) in [7, 11) is 0. The van der Waals surface area contributed by atoms with Crippen molar-refractivity contribution in [1.29, 1.82) is 0 Å². The van der Waals surface area contributed by atoms with Crippen molar-refractivity contribution in [2.45, 2.75) is 38.1 Å². The second-order valence-electron chi connectivity index (χ2n) is 5.29. The lowest BCUT2D eigenvalue weighted by atomic mass is 9.96. The topological polar surface area (TPSA) is 24.4 Å². The van der Waals surface area contributed by atoms with Gasteiger partial charge in [-0.15, -0.1) is 0 Å². The summed E-state index contributed by atoms with van der Waals surface area (Å²) in [4.78, 5) is 0. The van der Waals surface area contributed by atoms with Gasteiger partial charge >= 0.3 is 0 Å². The molecule has 0 aromatic heterocycles. The molecule has 0 amide bonds. The van der Waals surface area contributed by atoms with E-state index in [1.165, 1.54) is 48.4 Å². The van der Waals surface area contributed by atoms with Gasteiger partial charge in [0.2, 0.25) is 0 Å². The summed E-state index contributed by atoms with van der Waals surface area (Å²) in [5.41, 5.74) is 4.49. The summed E-state index contributed by atoms with van der Waals surface area (Å²) in [5.74, 6) is 0. The lowest BCUT2D eigenvalue weighted by Gasteiger charge is -2.20. The molecular weight excluding hydrogens is 232 g/mol. The second kappa shape index (κ2) is 5.87. The van der Waals surface area contributed by atoms with Gasteiger partial charge in [-0.05, 0) is 23.6 Å². The standard InChI is InChI=1S/C17H20N2/c1-2-10-16(11-3-1)19-18-13-15-9-6-8-14-7-4-5-12-17(14)15/h4-9,12-13,16,19H,1-3,10-11H2/b18-13-. The molecule has 1 aliphatic carbocycles. The molecule has 0 radical (unpaired) electrons. The molecule has 3 rings (SSSR count). The highest BCUT2D eigenvalue weighted by atomic mass is 15.3. The Morgan fingerprint density at radius 2 is 1.74 bits per heavy atom. The number of rotatable bonds is 3. The van der Waals surface area contributed by atoms with Gasteiger partial charge in [-0.3, -0.25) is 0 Å². The van der Waals surface area contributed by atoms with E-state index < -0.39 is 0 Å². The summed E-state index contributed by atoms with van der Waals surface area (Å²) in [6.45, 7) is 0. The van der Waals surface area contributed by atoms with Crippen molar-refractivity contribution < 1.29 is 0 Å². The van der Waals surface area contributed by atoms with Crippen molar-refractivity contribution in [1.82, 2.24) is 5.43 Å². The Hall–Kier alpha value is -1.83. The van der Waals surface area contributed by atoms with Crippen molar-refractivity contribution in [2.24, 2.45) is 5.10 Å². The molecule has 19 heavy (non-hydrogen) atoms. The number of hydrazone groups is 1. The van der Waals surface area contributed by atoms with Crippen LogP contribution in [0, 0.1) is 0 Å². The van der Waals surface area contributed by atoms with Gasteiger partial charge in [0.1, 0.15) is 0 Å². The van der Waals surface area contributed by atoms with Gasteiger partial charge in [0.25, 0.3) is 0 Å². The van der Waals surface area contributed by atoms with Gasteiger partial charge in [-0.2, -0.15) is 5.10 Å². The first-order chi connectivity index (χ1) is 9.43. The van der Waals surface area contributed by atoms with Crippen LogP contribution in [-0.4, -0.2) is 12.3 Å². The molecular formula is C17H20N2. The van der Waals surface area contributed by atoms with E-state index in [1.807, 2.05) is 6.21 Å². The largest absolute Gasteiger partial charge is 0.307 e. The molecule has 2 aromatic carbocycles. The normalized spacial score (nSPS) is 17.1. The van der Waals surface area contributed by atoms with Gasteiger partial charge in [-0.1, -0.05) is 61.7 Å². The molecule has 0 heterocycles. The van der Waals surface area contributed by atoms with Crippen LogP contribution in [0.1, 0.15) is 37.7 Å². The predicted octanol–water partition coefficient (Wildman–Crippen LogP) is 4.10. The Kier molecular flexibility index (Phi) is 3.78. The molecule has 0 unspecified atom stereocenters. The molecule has 0 spiro atoms. The van der Waals surface area contributed by atoms with Crippen LogP contribution in [-0.2, 0) is 0 Å². The van der Waals surface area contributed by atoms with E-state index in [2.05, 4.69) is 53.0 Å². The fraction of sp³-hybridized carbons (Fsp3) is 0.353. The molecule has 1 N–H and O–H groups in total. The van der Waals surface area contributed by atoms with E-state index in [9.17, 15) is 0 Å². The minimum absolute atomic E-state index is 0.569. The fourth-order valence-electron chi connectivity index (χ4n) is 2.81. The van der Waals surface area contributed by atoms with Crippen LogP contribution in [0.2, 0.25) is 0 Å². The third kappa shape index (κ3) is 2.95. The van der Waals surface area contributed by atoms with E-state index in [0.29, 0.717) is 6.04 Å². The third-order valence-electron chi connectivity index (χ3n) is 3.89. The summed E-state index contributed by atoms with van der Waals surface area (Å²) in [6, 6.07) is 15.4. The monoisotopic (exact) mass is 252 g/mol. The second-order valence-corrected chi connectivity index (χ2v) is 5.29. The number of nitrogens with one attached hydrogen (secondary N) is 1. The zero-order chi connectivity index (χ0) is 12.9. The Morgan fingerprint density at radius 1 is 0.947 bits per heavy atom. The van der Waals surface area contributed by atoms with Gasteiger partial charge < -0.3 is 5.43 Å². The quantitative estimate of drug-likeness (QED) is 0.645. The highest BCUT2D eigenvalue weighted by Gasteiger charge is 2.11. The molecule has 98 valence electrons. The van der Waals surface area contributed by atoms with E-state index in [4.69, 9.17) is 0 Å². The lowest BCUT2D eigenvalue weighted by Crippen LogP contribution is -2.26.